The third kappa shape index (κ3) is 4.72. The van der Waals surface area contributed by atoms with Crippen LogP contribution < -0.4 is 23.7 Å². The number of hydrogen-bond acceptors (Lipinski definition) is 9. The molecule has 3 aromatic rings. The Morgan fingerprint density at radius 2 is 1.66 bits per heavy atom. The van der Waals surface area contributed by atoms with Crippen molar-refractivity contribution in [1.82, 2.24) is 14.9 Å². The maximum Gasteiger partial charge on any atom is 0.308 e. The quantitative estimate of drug-likeness (QED) is 0.237. The monoisotopic (exact) mass is 458 g/mol. The summed E-state index contributed by atoms with van der Waals surface area (Å²) in [7, 11) is 6.08. The number of benzene rings is 2. The average Bonchev–Trinajstić information content (AvgIpc) is 3.17. The minimum absolute atomic E-state index is 0.286. The standard InChI is InChI=1S/C21H22N4O6S/c1-12(26)31-15-7-6-13(8-16(15)27-2)11-22-25-20(23-24-21(25)32)14-9-17(28-3)19(30-5)18(10-14)29-4/h6-11H,1-5H3,(H,24,32)/b22-11-. The van der Waals surface area contributed by atoms with E-state index in [0.29, 0.717) is 45.7 Å². The molecule has 0 amide bonds. The smallest absolute Gasteiger partial charge is 0.308 e. The molecule has 0 saturated heterocycles. The van der Waals surface area contributed by atoms with E-state index in [0.717, 1.165) is 0 Å². The highest BCUT2D eigenvalue weighted by atomic mass is 32.1. The van der Waals surface area contributed by atoms with Crippen LogP contribution in [0.2, 0.25) is 0 Å². The Bertz CT molecular complexity index is 1190. The van der Waals surface area contributed by atoms with E-state index in [-0.39, 0.29) is 4.77 Å². The van der Waals surface area contributed by atoms with E-state index in [1.54, 1.807) is 36.5 Å². The second-order valence-electron chi connectivity index (χ2n) is 6.33. The van der Waals surface area contributed by atoms with Crippen LogP contribution in [0.5, 0.6) is 28.7 Å². The number of hydrogen-bond donors (Lipinski definition) is 1. The minimum atomic E-state index is -0.440. The summed E-state index contributed by atoms with van der Waals surface area (Å²) in [4.78, 5) is 11.2. The molecule has 0 radical (unpaired) electrons. The maximum absolute atomic E-state index is 11.2. The van der Waals surface area contributed by atoms with E-state index in [9.17, 15) is 4.79 Å². The molecular formula is C21H22N4O6S. The Morgan fingerprint density at radius 3 is 2.22 bits per heavy atom. The first kappa shape index (κ1) is 22.8. The van der Waals surface area contributed by atoms with E-state index in [1.807, 2.05) is 0 Å². The van der Waals surface area contributed by atoms with Gasteiger partial charge in [-0.05, 0) is 48.1 Å². The Morgan fingerprint density at radius 1 is 1.00 bits per heavy atom. The number of H-pyrrole nitrogens is 1. The van der Waals surface area contributed by atoms with Gasteiger partial charge < -0.3 is 23.7 Å². The van der Waals surface area contributed by atoms with Gasteiger partial charge in [0.2, 0.25) is 10.5 Å². The Hall–Kier alpha value is -3.86. The average molecular weight is 458 g/mol. The number of nitrogens with one attached hydrogen (secondary N) is 1. The highest BCUT2D eigenvalue weighted by molar-refractivity contribution is 7.71. The molecule has 0 unspecified atom stereocenters. The first-order valence-electron chi connectivity index (χ1n) is 9.30. The van der Waals surface area contributed by atoms with E-state index in [1.165, 1.54) is 40.0 Å². The molecule has 1 heterocycles. The number of carbonyl (C=O) groups excluding carboxylic acids is 1. The SMILES string of the molecule is COc1cc(/C=N\n2c(-c3cc(OC)c(OC)c(OC)c3)n[nH]c2=S)ccc1OC(C)=O. The Labute approximate surface area is 189 Å². The summed E-state index contributed by atoms with van der Waals surface area (Å²) in [5.74, 6) is 2.11. The van der Waals surface area contributed by atoms with Gasteiger partial charge in [0.1, 0.15) is 0 Å². The zero-order chi connectivity index (χ0) is 23.3. The van der Waals surface area contributed by atoms with Crippen molar-refractivity contribution in [2.75, 3.05) is 28.4 Å². The molecule has 0 aliphatic rings. The van der Waals surface area contributed by atoms with Gasteiger partial charge in [-0.2, -0.15) is 14.9 Å². The van der Waals surface area contributed by atoms with Crippen LogP contribution in [0.4, 0.5) is 0 Å². The molecule has 0 aliphatic carbocycles. The number of aromatic nitrogens is 3. The molecule has 1 aromatic heterocycles. The summed E-state index contributed by atoms with van der Waals surface area (Å²) in [5, 5.41) is 11.5. The number of aromatic amines is 1. The van der Waals surface area contributed by atoms with Crippen molar-refractivity contribution in [3.8, 4) is 40.1 Å². The fourth-order valence-corrected chi connectivity index (χ4v) is 3.10. The number of ether oxygens (including phenoxy) is 5. The largest absolute Gasteiger partial charge is 0.493 e. The maximum atomic E-state index is 11.2. The summed E-state index contributed by atoms with van der Waals surface area (Å²) in [6, 6.07) is 8.53. The molecule has 0 bridgehead atoms. The number of esters is 1. The van der Waals surface area contributed by atoms with Crippen molar-refractivity contribution in [2.24, 2.45) is 5.10 Å². The zero-order valence-corrected chi connectivity index (χ0v) is 19.0. The lowest BCUT2D eigenvalue weighted by molar-refractivity contribution is -0.132. The predicted molar refractivity (Wildman–Crippen MR) is 120 cm³/mol. The molecule has 3 rings (SSSR count). The van der Waals surface area contributed by atoms with Crippen molar-refractivity contribution < 1.29 is 28.5 Å². The number of carbonyl (C=O) groups is 1. The highest BCUT2D eigenvalue weighted by Crippen LogP contribution is 2.40. The van der Waals surface area contributed by atoms with Crippen LogP contribution in [-0.2, 0) is 4.79 Å². The first-order chi connectivity index (χ1) is 15.4. The topological polar surface area (TPSA) is 109 Å². The van der Waals surface area contributed by atoms with Gasteiger partial charge in [0.25, 0.3) is 0 Å². The lowest BCUT2D eigenvalue weighted by atomic mass is 10.1. The molecule has 10 nitrogen and oxygen atoms in total. The zero-order valence-electron chi connectivity index (χ0n) is 18.2. The van der Waals surface area contributed by atoms with Crippen LogP contribution in [0, 0.1) is 4.77 Å². The fraction of sp³-hybridized carbons (Fsp3) is 0.238. The lowest BCUT2D eigenvalue weighted by Gasteiger charge is -2.13. The van der Waals surface area contributed by atoms with Gasteiger partial charge in [0, 0.05) is 12.5 Å². The summed E-state index contributed by atoms with van der Waals surface area (Å²) in [6.07, 6.45) is 1.58. The molecule has 0 atom stereocenters. The van der Waals surface area contributed by atoms with Crippen molar-refractivity contribution in [2.45, 2.75) is 6.92 Å². The molecular weight excluding hydrogens is 436 g/mol. The number of methoxy groups -OCH3 is 4. The van der Waals surface area contributed by atoms with Crippen LogP contribution in [0.1, 0.15) is 12.5 Å². The first-order valence-corrected chi connectivity index (χ1v) is 9.71. The Kier molecular flexibility index (Phi) is 7.11. The number of rotatable bonds is 8. The van der Waals surface area contributed by atoms with Crippen molar-refractivity contribution in [1.29, 1.82) is 0 Å². The Balaban J connectivity index is 2.01. The minimum Gasteiger partial charge on any atom is -0.493 e. The molecule has 1 N–H and O–H groups in total. The van der Waals surface area contributed by atoms with Gasteiger partial charge in [0.15, 0.2) is 28.8 Å². The van der Waals surface area contributed by atoms with Gasteiger partial charge in [-0.15, -0.1) is 0 Å². The number of nitrogens with zero attached hydrogens (tertiary/aromatic N) is 3. The summed E-state index contributed by atoms with van der Waals surface area (Å²) >= 11 is 5.34. The molecule has 168 valence electrons. The van der Waals surface area contributed by atoms with Crippen LogP contribution >= 0.6 is 12.2 Å². The lowest BCUT2D eigenvalue weighted by Crippen LogP contribution is -2.03. The van der Waals surface area contributed by atoms with Crippen molar-refractivity contribution in [3.05, 3.63) is 40.7 Å². The molecule has 11 heteroatoms. The van der Waals surface area contributed by atoms with Crippen LogP contribution in [0.25, 0.3) is 11.4 Å². The summed E-state index contributed by atoms with van der Waals surface area (Å²) in [6.45, 7) is 1.32. The summed E-state index contributed by atoms with van der Waals surface area (Å²) < 4.78 is 28.4. The highest BCUT2D eigenvalue weighted by Gasteiger charge is 2.17. The van der Waals surface area contributed by atoms with Crippen molar-refractivity contribution in [3.63, 3.8) is 0 Å². The fourth-order valence-electron chi connectivity index (χ4n) is 2.92. The van der Waals surface area contributed by atoms with E-state index < -0.39 is 5.97 Å². The summed E-state index contributed by atoms with van der Waals surface area (Å²) in [5.41, 5.74) is 1.34. The third-order valence-electron chi connectivity index (χ3n) is 4.34. The van der Waals surface area contributed by atoms with Gasteiger partial charge in [-0.3, -0.25) is 4.79 Å². The van der Waals surface area contributed by atoms with Gasteiger partial charge in [-0.1, -0.05) is 0 Å². The van der Waals surface area contributed by atoms with Crippen LogP contribution in [-0.4, -0.2) is 55.5 Å². The molecule has 0 spiro atoms. The van der Waals surface area contributed by atoms with Gasteiger partial charge in [-0.25, -0.2) is 5.10 Å². The third-order valence-corrected chi connectivity index (χ3v) is 4.60. The molecule has 2 aromatic carbocycles. The molecule has 32 heavy (non-hydrogen) atoms. The predicted octanol–water partition coefficient (Wildman–Crippen LogP) is 3.45. The van der Waals surface area contributed by atoms with E-state index in [4.69, 9.17) is 35.9 Å². The van der Waals surface area contributed by atoms with Gasteiger partial charge >= 0.3 is 5.97 Å². The normalized spacial score (nSPS) is 10.8. The second-order valence-corrected chi connectivity index (χ2v) is 6.71. The van der Waals surface area contributed by atoms with Gasteiger partial charge in [0.05, 0.1) is 34.7 Å². The van der Waals surface area contributed by atoms with Crippen LogP contribution in [0.3, 0.4) is 0 Å². The molecule has 0 aliphatic heterocycles. The van der Waals surface area contributed by atoms with E-state index in [2.05, 4.69) is 15.3 Å². The van der Waals surface area contributed by atoms with Crippen LogP contribution in [0.15, 0.2) is 35.4 Å². The molecule has 0 saturated carbocycles. The van der Waals surface area contributed by atoms with Crippen molar-refractivity contribution >= 4 is 24.4 Å². The second kappa shape index (κ2) is 9.96. The van der Waals surface area contributed by atoms with E-state index >= 15 is 0 Å². The molecule has 0 fully saturated rings.